The molecule has 0 unspecified atom stereocenters. The standard InChI is InChI=1S/C17H14ClN3O2S/c1-9-12(18)4-3-5-13(9)19-15(22)10-6-7-11-14(8-10)20-17(24)21(2)16(11)23/h3-8H,1-2H3,(H,19,22)(H,20,24). The zero-order valence-electron chi connectivity index (χ0n) is 13.0. The van der Waals surface area contributed by atoms with Gasteiger partial charge >= 0.3 is 0 Å². The Morgan fingerprint density at radius 2 is 2.04 bits per heavy atom. The third-order valence-electron chi connectivity index (χ3n) is 3.88. The van der Waals surface area contributed by atoms with Gasteiger partial charge in [-0.05, 0) is 55.0 Å². The Bertz CT molecular complexity index is 1090. The highest BCUT2D eigenvalue weighted by atomic mass is 35.5. The summed E-state index contributed by atoms with van der Waals surface area (Å²) in [6, 6.07) is 10.1. The van der Waals surface area contributed by atoms with Crippen molar-refractivity contribution < 1.29 is 4.79 Å². The van der Waals surface area contributed by atoms with Crippen LogP contribution < -0.4 is 10.9 Å². The minimum Gasteiger partial charge on any atom is -0.332 e. The zero-order chi connectivity index (χ0) is 17.4. The van der Waals surface area contributed by atoms with E-state index in [0.29, 0.717) is 31.9 Å². The number of hydrogen-bond donors (Lipinski definition) is 2. The monoisotopic (exact) mass is 359 g/mol. The molecule has 24 heavy (non-hydrogen) atoms. The van der Waals surface area contributed by atoms with Crippen LogP contribution in [0.3, 0.4) is 0 Å². The van der Waals surface area contributed by atoms with Gasteiger partial charge in [-0.2, -0.15) is 0 Å². The fourth-order valence-electron chi connectivity index (χ4n) is 2.38. The largest absolute Gasteiger partial charge is 0.332 e. The van der Waals surface area contributed by atoms with E-state index in [-0.39, 0.29) is 11.5 Å². The summed E-state index contributed by atoms with van der Waals surface area (Å²) in [5.74, 6) is -0.290. The molecule has 1 amide bonds. The molecule has 3 rings (SSSR count). The second-order valence-corrected chi connectivity index (χ2v) is 6.22. The van der Waals surface area contributed by atoms with Crippen LogP contribution in [-0.4, -0.2) is 15.5 Å². The Hall–Kier alpha value is -2.44. The first-order valence-corrected chi connectivity index (χ1v) is 7.96. The van der Waals surface area contributed by atoms with E-state index in [1.54, 1.807) is 43.4 Å². The maximum atomic E-state index is 12.5. The lowest BCUT2D eigenvalue weighted by molar-refractivity contribution is 0.102. The first-order chi connectivity index (χ1) is 11.4. The van der Waals surface area contributed by atoms with Gasteiger partial charge in [0.2, 0.25) is 0 Å². The van der Waals surface area contributed by atoms with Crippen LogP contribution in [0.1, 0.15) is 15.9 Å². The fraction of sp³-hybridized carbons (Fsp3) is 0.118. The molecule has 0 saturated heterocycles. The van der Waals surface area contributed by atoms with Crippen LogP contribution in [0.5, 0.6) is 0 Å². The van der Waals surface area contributed by atoms with Crippen LogP contribution in [0.15, 0.2) is 41.2 Å². The number of H-pyrrole nitrogens is 1. The van der Waals surface area contributed by atoms with E-state index < -0.39 is 0 Å². The Balaban J connectivity index is 2.02. The number of carbonyl (C=O) groups is 1. The molecule has 2 aromatic carbocycles. The van der Waals surface area contributed by atoms with Crippen molar-refractivity contribution in [3.8, 4) is 0 Å². The predicted octanol–water partition coefficient (Wildman–Crippen LogP) is 3.81. The highest BCUT2D eigenvalue weighted by molar-refractivity contribution is 7.71. The Morgan fingerprint density at radius 3 is 2.79 bits per heavy atom. The fourth-order valence-corrected chi connectivity index (χ4v) is 2.75. The van der Waals surface area contributed by atoms with Gasteiger partial charge in [0, 0.05) is 23.3 Å². The van der Waals surface area contributed by atoms with Gasteiger partial charge in [-0.3, -0.25) is 14.2 Å². The average molecular weight is 360 g/mol. The minimum atomic E-state index is -0.290. The predicted molar refractivity (Wildman–Crippen MR) is 98.5 cm³/mol. The van der Waals surface area contributed by atoms with Crippen molar-refractivity contribution in [3.05, 3.63) is 67.7 Å². The van der Waals surface area contributed by atoms with Gasteiger partial charge in [0.1, 0.15) is 0 Å². The lowest BCUT2D eigenvalue weighted by Gasteiger charge is -2.10. The number of nitrogens with one attached hydrogen (secondary N) is 2. The van der Waals surface area contributed by atoms with Crippen molar-refractivity contribution >= 4 is 46.3 Å². The molecule has 7 heteroatoms. The maximum Gasteiger partial charge on any atom is 0.261 e. The van der Waals surface area contributed by atoms with E-state index in [0.717, 1.165) is 5.56 Å². The summed E-state index contributed by atoms with van der Waals surface area (Å²) in [6.45, 7) is 1.83. The van der Waals surface area contributed by atoms with Crippen molar-refractivity contribution in [2.75, 3.05) is 5.32 Å². The highest BCUT2D eigenvalue weighted by Gasteiger charge is 2.11. The number of halogens is 1. The molecular weight excluding hydrogens is 346 g/mol. The van der Waals surface area contributed by atoms with E-state index in [4.69, 9.17) is 23.8 Å². The van der Waals surface area contributed by atoms with Crippen molar-refractivity contribution in [3.63, 3.8) is 0 Å². The average Bonchev–Trinajstić information content (AvgIpc) is 2.56. The normalized spacial score (nSPS) is 10.8. The molecule has 0 bridgehead atoms. The van der Waals surface area contributed by atoms with Gasteiger partial charge in [0.25, 0.3) is 11.5 Å². The summed E-state index contributed by atoms with van der Waals surface area (Å²) in [7, 11) is 1.60. The summed E-state index contributed by atoms with van der Waals surface area (Å²) in [4.78, 5) is 27.6. The van der Waals surface area contributed by atoms with E-state index in [1.165, 1.54) is 4.57 Å². The smallest absolute Gasteiger partial charge is 0.261 e. The molecule has 1 heterocycles. The summed E-state index contributed by atoms with van der Waals surface area (Å²) in [5.41, 5.74) is 2.18. The van der Waals surface area contributed by atoms with Crippen LogP contribution >= 0.6 is 23.8 Å². The van der Waals surface area contributed by atoms with Crippen LogP contribution in [-0.2, 0) is 7.05 Å². The number of aromatic nitrogens is 2. The summed E-state index contributed by atoms with van der Waals surface area (Å²) < 4.78 is 1.66. The van der Waals surface area contributed by atoms with E-state index in [9.17, 15) is 9.59 Å². The van der Waals surface area contributed by atoms with Crippen molar-refractivity contribution in [2.45, 2.75) is 6.92 Å². The highest BCUT2D eigenvalue weighted by Crippen LogP contribution is 2.23. The second kappa shape index (κ2) is 6.22. The molecule has 0 fully saturated rings. The molecular formula is C17H14ClN3O2S. The van der Waals surface area contributed by atoms with Gasteiger partial charge in [-0.1, -0.05) is 17.7 Å². The molecule has 0 spiro atoms. The second-order valence-electron chi connectivity index (χ2n) is 5.42. The molecule has 2 N–H and O–H groups in total. The van der Waals surface area contributed by atoms with Crippen LogP contribution in [0.2, 0.25) is 5.02 Å². The topological polar surface area (TPSA) is 66.9 Å². The molecule has 5 nitrogen and oxygen atoms in total. The van der Waals surface area contributed by atoms with Crippen LogP contribution in [0.25, 0.3) is 10.9 Å². The first kappa shape index (κ1) is 16.4. The van der Waals surface area contributed by atoms with Crippen LogP contribution in [0.4, 0.5) is 5.69 Å². The Morgan fingerprint density at radius 1 is 1.29 bits per heavy atom. The number of anilines is 1. The Kier molecular flexibility index (Phi) is 4.26. The van der Waals surface area contributed by atoms with Gasteiger partial charge in [0.05, 0.1) is 10.9 Å². The number of carbonyl (C=O) groups excluding carboxylic acids is 1. The van der Waals surface area contributed by atoms with E-state index in [1.807, 2.05) is 6.92 Å². The van der Waals surface area contributed by atoms with E-state index in [2.05, 4.69) is 10.3 Å². The Labute approximate surface area is 147 Å². The molecule has 0 aliphatic heterocycles. The molecule has 1 aromatic heterocycles. The third kappa shape index (κ3) is 2.86. The number of amides is 1. The number of hydrogen-bond acceptors (Lipinski definition) is 3. The van der Waals surface area contributed by atoms with Gasteiger partial charge in [0.15, 0.2) is 4.77 Å². The van der Waals surface area contributed by atoms with Crippen LogP contribution in [0, 0.1) is 11.7 Å². The molecule has 0 atom stereocenters. The number of aromatic amines is 1. The quantitative estimate of drug-likeness (QED) is 0.684. The molecule has 0 aliphatic rings. The number of rotatable bonds is 2. The van der Waals surface area contributed by atoms with Crippen molar-refractivity contribution in [2.24, 2.45) is 7.05 Å². The zero-order valence-corrected chi connectivity index (χ0v) is 14.6. The number of benzene rings is 2. The number of fused-ring (bicyclic) bond motifs is 1. The lowest BCUT2D eigenvalue weighted by atomic mass is 10.1. The van der Waals surface area contributed by atoms with Gasteiger partial charge in [-0.15, -0.1) is 0 Å². The minimum absolute atomic E-state index is 0.202. The van der Waals surface area contributed by atoms with Crippen molar-refractivity contribution in [1.29, 1.82) is 0 Å². The lowest BCUT2D eigenvalue weighted by Crippen LogP contribution is -2.19. The third-order valence-corrected chi connectivity index (χ3v) is 4.66. The molecule has 0 aliphatic carbocycles. The van der Waals surface area contributed by atoms with E-state index >= 15 is 0 Å². The van der Waals surface area contributed by atoms with Gasteiger partial charge < -0.3 is 10.3 Å². The molecule has 0 saturated carbocycles. The van der Waals surface area contributed by atoms with Gasteiger partial charge in [-0.25, -0.2) is 0 Å². The summed E-state index contributed by atoms with van der Waals surface area (Å²) in [6.07, 6.45) is 0. The molecule has 122 valence electrons. The van der Waals surface area contributed by atoms with Crippen molar-refractivity contribution in [1.82, 2.24) is 9.55 Å². The SMILES string of the molecule is Cc1c(Cl)cccc1NC(=O)c1ccc2c(=O)n(C)c(=S)[nH]c2c1. The summed E-state index contributed by atoms with van der Waals surface area (Å²) in [5, 5.41) is 3.88. The molecule has 3 aromatic rings. The summed E-state index contributed by atoms with van der Waals surface area (Å²) >= 11 is 11.2. The maximum absolute atomic E-state index is 12.5. The first-order valence-electron chi connectivity index (χ1n) is 7.18. The number of nitrogens with zero attached hydrogens (tertiary/aromatic N) is 1. The molecule has 0 radical (unpaired) electrons.